The average molecular weight is 372 g/mol. The maximum absolute atomic E-state index is 5.21. The molecule has 0 N–H and O–H groups in total. The molecule has 0 aromatic heterocycles. The number of hydrogen-bond acceptors (Lipinski definition) is 3. The van der Waals surface area contributed by atoms with Crippen LogP contribution in [0.5, 0.6) is 11.5 Å². The Morgan fingerprint density at radius 3 is 2.04 bits per heavy atom. The smallest absolute Gasteiger partial charge is 0.118 e. The van der Waals surface area contributed by atoms with Crippen LogP contribution in [0, 0.1) is 0 Å². The number of ether oxygens (including phenoxy) is 2. The van der Waals surface area contributed by atoms with Crippen LogP contribution in [0.3, 0.4) is 0 Å². The lowest BCUT2D eigenvalue weighted by atomic mass is 10.1. The lowest BCUT2D eigenvalue weighted by Gasteiger charge is -2.25. The minimum atomic E-state index is 0. The predicted octanol–water partition coefficient (Wildman–Crippen LogP) is 4.97. The molecule has 0 bridgehead atoms. The van der Waals surface area contributed by atoms with Gasteiger partial charge in [-0.3, -0.25) is 4.90 Å². The monoisotopic (exact) mass is 371 g/mol. The van der Waals surface area contributed by atoms with Crippen molar-refractivity contribution < 1.29 is 9.47 Å². The van der Waals surface area contributed by atoms with E-state index in [4.69, 9.17) is 9.47 Å². The third-order valence-corrected chi connectivity index (χ3v) is 4.50. The molecule has 1 heterocycles. The first-order chi connectivity index (χ1) is 12.3. The van der Waals surface area contributed by atoms with E-state index < -0.39 is 0 Å². The van der Waals surface area contributed by atoms with E-state index >= 15 is 0 Å². The molecule has 0 aliphatic carbocycles. The number of nitrogens with zero attached hydrogens (tertiary/aromatic N) is 1. The molecule has 0 unspecified atom stereocenters. The molecule has 138 valence electrons. The van der Waals surface area contributed by atoms with E-state index in [1.54, 1.807) is 14.2 Å². The first-order valence-electron chi connectivity index (χ1n) is 8.63. The molecule has 0 atom stereocenters. The Labute approximate surface area is 162 Å². The van der Waals surface area contributed by atoms with Crippen LogP contribution in [-0.2, 0) is 6.54 Å². The van der Waals surface area contributed by atoms with Gasteiger partial charge in [0.25, 0.3) is 0 Å². The van der Waals surface area contributed by atoms with Gasteiger partial charge in [0.15, 0.2) is 0 Å². The summed E-state index contributed by atoms with van der Waals surface area (Å²) in [6.45, 7) is 3.06. The fourth-order valence-corrected chi connectivity index (χ4v) is 2.93. The summed E-state index contributed by atoms with van der Waals surface area (Å²) in [5, 5.41) is 0. The van der Waals surface area contributed by atoms with Gasteiger partial charge >= 0.3 is 0 Å². The Balaban J connectivity index is 0.00000243. The van der Waals surface area contributed by atoms with Crippen molar-refractivity contribution in [3.63, 3.8) is 0 Å². The Morgan fingerprint density at radius 1 is 0.885 bits per heavy atom. The van der Waals surface area contributed by atoms with Crippen LogP contribution < -0.4 is 9.47 Å². The van der Waals surface area contributed by atoms with Crippen molar-refractivity contribution in [3.8, 4) is 11.5 Å². The highest BCUT2D eigenvalue weighted by atomic mass is 35.5. The van der Waals surface area contributed by atoms with Gasteiger partial charge in [0.2, 0.25) is 0 Å². The molecular formula is C22H26ClNO2. The number of methoxy groups -OCH3 is 2. The normalized spacial score (nSPS) is 14.6. The van der Waals surface area contributed by atoms with E-state index in [1.165, 1.54) is 16.7 Å². The van der Waals surface area contributed by atoms with Crippen molar-refractivity contribution in [2.24, 2.45) is 0 Å². The molecule has 2 aromatic carbocycles. The van der Waals surface area contributed by atoms with Gasteiger partial charge in [0.05, 0.1) is 14.2 Å². The highest BCUT2D eigenvalue weighted by molar-refractivity contribution is 5.85. The summed E-state index contributed by atoms with van der Waals surface area (Å²) < 4.78 is 10.4. The molecule has 2 aromatic rings. The minimum Gasteiger partial charge on any atom is -0.497 e. The minimum absolute atomic E-state index is 0. The number of halogens is 1. The highest BCUT2D eigenvalue weighted by Crippen LogP contribution is 2.18. The molecule has 0 radical (unpaired) electrons. The first-order valence-corrected chi connectivity index (χ1v) is 8.63. The number of hydrogen-bond donors (Lipinski definition) is 0. The quantitative estimate of drug-likeness (QED) is 0.715. The fourth-order valence-electron chi connectivity index (χ4n) is 2.93. The second-order valence-corrected chi connectivity index (χ2v) is 6.22. The maximum Gasteiger partial charge on any atom is 0.118 e. The molecule has 0 fully saturated rings. The van der Waals surface area contributed by atoms with Crippen molar-refractivity contribution in [1.29, 1.82) is 0 Å². The zero-order valence-electron chi connectivity index (χ0n) is 15.4. The Bertz CT molecular complexity index is 736. The lowest BCUT2D eigenvalue weighted by molar-refractivity contribution is 0.287. The molecule has 1 aliphatic heterocycles. The van der Waals surface area contributed by atoms with Crippen molar-refractivity contribution in [3.05, 3.63) is 77.4 Å². The summed E-state index contributed by atoms with van der Waals surface area (Å²) in [6.07, 6.45) is 7.81. The van der Waals surface area contributed by atoms with Gasteiger partial charge < -0.3 is 9.47 Å². The van der Waals surface area contributed by atoms with Crippen LogP contribution in [0.4, 0.5) is 0 Å². The van der Waals surface area contributed by atoms with Gasteiger partial charge in [-0.25, -0.2) is 0 Å². The highest BCUT2D eigenvalue weighted by Gasteiger charge is 2.10. The standard InChI is InChI=1S/C22H25NO2.ClH/c1-24-21-9-5-18(6-10-21)3-4-19-13-15-23(16-14-19)17-20-7-11-22(25-2)12-8-20;/h3-13H,14-17H2,1-2H3;1H/b4-3+;. The number of benzene rings is 2. The van der Waals surface area contributed by atoms with Gasteiger partial charge in [-0.05, 0) is 47.4 Å². The second kappa shape index (κ2) is 10.0. The third-order valence-electron chi connectivity index (χ3n) is 4.50. The van der Waals surface area contributed by atoms with Gasteiger partial charge in [-0.1, -0.05) is 42.5 Å². The first kappa shape index (κ1) is 20.1. The van der Waals surface area contributed by atoms with E-state index in [9.17, 15) is 0 Å². The van der Waals surface area contributed by atoms with Crippen LogP contribution >= 0.6 is 12.4 Å². The Hall–Kier alpha value is -2.23. The zero-order chi connectivity index (χ0) is 17.5. The van der Waals surface area contributed by atoms with E-state index in [2.05, 4.69) is 47.4 Å². The van der Waals surface area contributed by atoms with Crippen LogP contribution in [0.1, 0.15) is 17.5 Å². The van der Waals surface area contributed by atoms with Crippen molar-refractivity contribution >= 4 is 18.5 Å². The van der Waals surface area contributed by atoms with Crippen molar-refractivity contribution in [1.82, 2.24) is 4.90 Å². The summed E-state index contributed by atoms with van der Waals surface area (Å²) in [5.74, 6) is 1.80. The zero-order valence-corrected chi connectivity index (χ0v) is 16.2. The van der Waals surface area contributed by atoms with Crippen LogP contribution in [-0.4, -0.2) is 32.2 Å². The van der Waals surface area contributed by atoms with Gasteiger partial charge in [-0.2, -0.15) is 0 Å². The number of allylic oxidation sites excluding steroid dienone is 1. The molecule has 3 rings (SSSR count). The molecule has 0 saturated heterocycles. The fraction of sp³-hybridized carbons (Fsp3) is 0.273. The summed E-state index contributed by atoms with van der Waals surface area (Å²) in [6, 6.07) is 16.5. The van der Waals surface area contributed by atoms with Gasteiger partial charge in [0.1, 0.15) is 11.5 Å². The second-order valence-electron chi connectivity index (χ2n) is 6.22. The van der Waals surface area contributed by atoms with Gasteiger partial charge in [0, 0.05) is 19.6 Å². The number of rotatable bonds is 6. The molecule has 0 amide bonds. The summed E-state index contributed by atoms with van der Waals surface area (Å²) >= 11 is 0. The SMILES string of the molecule is COc1ccc(/C=C/C2=CCN(Cc3ccc(OC)cc3)CC2)cc1.Cl. The van der Waals surface area contributed by atoms with Crippen molar-refractivity contribution in [2.45, 2.75) is 13.0 Å². The Kier molecular flexibility index (Phi) is 7.76. The molecular weight excluding hydrogens is 346 g/mol. The molecule has 26 heavy (non-hydrogen) atoms. The predicted molar refractivity (Wildman–Crippen MR) is 110 cm³/mol. The molecule has 0 spiro atoms. The van der Waals surface area contributed by atoms with E-state index in [0.29, 0.717) is 0 Å². The average Bonchev–Trinajstić information content (AvgIpc) is 2.68. The van der Waals surface area contributed by atoms with Crippen LogP contribution in [0.15, 0.2) is 66.3 Å². The lowest BCUT2D eigenvalue weighted by Crippen LogP contribution is -2.27. The summed E-state index contributed by atoms with van der Waals surface area (Å²) in [4.78, 5) is 2.46. The molecule has 4 heteroatoms. The van der Waals surface area contributed by atoms with E-state index in [-0.39, 0.29) is 12.4 Å². The summed E-state index contributed by atoms with van der Waals surface area (Å²) in [7, 11) is 3.39. The Morgan fingerprint density at radius 2 is 1.50 bits per heavy atom. The largest absolute Gasteiger partial charge is 0.497 e. The van der Waals surface area contributed by atoms with Gasteiger partial charge in [-0.15, -0.1) is 12.4 Å². The summed E-state index contributed by atoms with van der Waals surface area (Å²) in [5.41, 5.74) is 3.93. The van der Waals surface area contributed by atoms with Crippen molar-refractivity contribution in [2.75, 3.05) is 27.3 Å². The third kappa shape index (κ3) is 5.65. The molecule has 1 aliphatic rings. The van der Waals surface area contributed by atoms with E-state index in [0.717, 1.165) is 37.6 Å². The van der Waals surface area contributed by atoms with E-state index in [1.807, 2.05) is 24.3 Å². The van der Waals surface area contributed by atoms with Crippen LogP contribution in [0.25, 0.3) is 6.08 Å². The maximum atomic E-state index is 5.21. The van der Waals surface area contributed by atoms with Crippen LogP contribution in [0.2, 0.25) is 0 Å². The molecule has 3 nitrogen and oxygen atoms in total. The molecule has 0 saturated carbocycles. The topological polar surface area (TPSA) is 21.7 Å².